The average Bonchev–Trinajstić information content (AvgIpc) is 3.59. The third-order valence-electron chi connectivity index (χ3n) is 7.54. The molecule has 1 atom stereocenters. The zero-order chi connectivity index (χ0) is 26.9. The molecule has 1 fully saturated rings. The molecule has 4 heterocycles. The molecule has 2 aromatic heterocycles. The fourth-order valence-electron chi connectivity index (χ4n) is 5.63. The third-order valence-corrected chi connectivity index (χ3v) is 7.54. The fraction of sp³-hybridized carbons (Fsp3) is 0.429. The maximum Gasteiger partial charge on any atom is 0.253 e. The van der Waals surface area contributed by atoms with Crippen LogP contribution < -0.4 is 15.0 Å². The first kappa shape index (κ1) is 25.5. The van der Waals surface area contributed by atoms with Crippen LogP contribution in [0.5, 0.6) is 11.5 Å². The van der Waals surface area contributed by atoms with Crippen LogP contribution in [0.4, 0.5) is 0 Å². The fourth-order valence-corrected chi connectivity index (χ4v) is 5.63. The van der Waals surface area contributed by atoms with E-state index < -0.39 is 6.04 Å². The Bertz CT molecular complexity index is 1540. The maximum atomic E-state index is 13.6. The van der Waals surface area contributed by atoms with Crippen LogP contribution in [0.15, 0.2) is 41.2 Å². The van der Waals surface area contributed by atoms with Gasteiger partial charge in [-0.1, -0.05) is 17.7 Å². The van der Waals surface area contributed by atoms with Crippen molar-refractivity contribution in [1.82, 2.24) is 35.0 Å². The number of methoxy groups -OCH3 is 1. The Balaban J connectivity index is 1.29. The minimum Gasteiger partial charge on any atom is -0.454 e. The number of hydrogen-bond donors (Lipinski definition) is 1. The number of H-pyrrole nitrogens is 1. The number of benzene rings is 2. The van der Waals surface area contributed by atoms with Gasteiger partial charge in [-0.25, -0.2) is 4.68 Å². The molecule has 2 aliphatic rings. The van der Waals surface area contributed by atoms with Crippen LogP contribution in [0.2, 0.25) is 0 Å². The smallest absolute Gasteiger partial charge is 0.253 e. The summed E-state index contributed by atoms with van der Waals surface area (Å²) in [6.45, 7) is 9.36. The van der Waals surface area contributed by atoms with Crippen LogP contribution in [0.25, 0.3) is 10.9 Å². The normalized spacial score (nSPS) is 16.7. The van der Waals surface area contributed by atoms with Crippen LogP contribution in [0.1, 0.15) is 34.1 Å². The van der Waals surface area contributed by atoms with E-state index in [-0.39, 0.29) is 12.4 Å². The molecule has 0 radical (unpaired) electrons. The van der Waals surface area contributed by atoms with Gasteiger partial charge in [-0.3, -0.25) is 14.6 Å². The molecule has 11 heteroatoms. The van der Waals surface area contributed by atoms with Crippen LogP contribution >= 0.6 is 0 Å². The van der Waals surface area contributed by atoms with E-state index in [9.17, 15) is 4.79 Å². The molecule has 1 N–H and O–H groups in total. The molecule has 0 aliphatic carbocycles. The van der Waals surface area contributed by atoms with Gasteiger partial charge in [-0.2, -0.15) is 0 Å². The van der Waals surface area contributed by atoms with Crippen molar-refractivity contribution >= 4 is 10.9 Å². The zero-order valence-corrected chi connectivity index (χ0v) is 22.5. The zero-order valence-electron chi connectivity index (χ0n) is 22.5. The van der Waals surface area contributed by atoms with E-state index in [1.807, 2.05) is 19.1 Å². The molecule has 11 nitrogen and oxygen atoms in total. The minimum atomic E-state index is -0.390. The van der Waals surface area contributed by atoms with Gasteiger partial charge < -0.3 is 19.2 Å². The first-order valence-electron chi connectivity index (χ1n) is 13.2. The molecule has 6 rings (SSSR count). The molecule has 4 aromatic rings. The number of tetrazole rings is 1. The van der Waals surface area contributed by atoms with Crippen LogP contribution in [0, 0.1) is 13.8 Å². The number of hydrogen-bond acceptors (Lipinski definition) is 9. The van der Waals surface area contributed by atoms with E-state index in [0.717, 1.165) is 66.3 Å². The van der Waals surface area contributed by atoms with Gasteiger partial charge in [0, 0.05) is 45.4 Å². The monoisotopic (exact) mass is 531 g/mol. The van der Waals surface area contributed by atoms with E-state index in [1.54, 1.807) is 11.8 Å². The number of piperazine rings is 1. The van der Waals surface area contributed by atoms with E-state index in [1.165, 1.54) is 5.56 Å². The van der Waals surface area contributed by atoms with Crippen molar-refractivity contribution < 1.29 is 14.2 Å². The topological polar surface area (TPSA) is 111 Å². The van der Waals surface area contributed by atoms with Crippen LogP contribution in [-0.2, 0) is 17.8 Å². The van der Waals surface area contributed by atoms with Crippen LogP contribution in [0.3, 0.4) is 0 Å². The SMILES string of the molecule is COCCn1nnnc1C(c1cc2cc(C)cc(C)c2[nH]c1=O)N1CCN(Cc2ccc3c(c2)OCO3)CC1. The number of pyridine rings is 1. The summed E-state index contributed by atoms with van der Waals surface area (Å²) in [6, 6.07) is 11.9. The predicted molar refractivity (Wildman–Crippen MR) is 145 cm³/mol. The van der Waals surface area contributed by atoms with Gasteiger partial charge in [-0.05, 0) is 65.1 Å². The van der Waals surface area contributed by atoms with Gasteiger partial charge in [-0.15, -0.1) is 5.10 Å². The second kappa shape index (κ2) is 10.8. The molecule has 2 aromatic carbocycles. The molecular formula is C28H33N7O4. The lowest BCUT2D eigenvalue weighted by atomic mass is 10.00. The molecule has 0 saturated carbocycles. The van der Waals surface area contributed by atoms with Crippen molar-refractivity contribution in [1.29, 1.82) is 0 Å². The number of aromatic amines is 1. The van der Waals surface area contributed by atoms with Gasteiger partial charge >= 0.3 is 0 Å². The summed E-state index contributed by atoms with van der Waals surface area (Å²) in [6.07, 6.45) is 0. The van der Waals surface area contributed by atoms with E-state index in [4.69, 9.17) is 14.2 Å². The van der Waals surface area contributed by atoms with Crippen molar-refractivity contribution in [3.63, 3.8) is 0 Å². The van der Waals surface area contributed by atoms with Crippen molar-refractivity contribution in [2.24, 2.45) is 0 Å². The summed E-state index contributed by atoms with van der Waals surface area (Å²) in [5, 5.41) is 13.6. The van der Waals surface area contributed by atoms with E-state index in [0.29, 0.717) is 24.5 Å². The Morgan fingerprint density at radius 3 is 2.69 bits per heavy atom. The first-order valence-corrected chi connectivity index (χ1v) is 13.2. The molecule has 39 heavy (non-hydrogen) atoms. The average molecular weight is 532 g/mol. The van der Waals surface area contributed by atoms with Gasteiger partial charge in [0.15, 0.2) is 17.3 Å². The molecule has 1 saturated heterocycles. The van der Waals surface area contributed by atoms with Crippen molar-refractivity contribution in [3.05, 3.63) is 74.8 Å². The number of rotatable bonds is 8. The lowest BCUT2D eigenvalue weighted by Gasteiger charge is -2.38. The summed E-state index contributed by atoms with van der Waals surface area (Å²) in [4.78, 5) is 21.4. The number of aryl methyl sites for hydroxylation is 2. The molecule has 2 aliphatic heterocycles. The Morgan fingerprint density at radius 2 is 1.87 bits per heavy atom. The summed E-state index contributed by atoms with van der Waals surface area (Å²) in [7, 11) is 1.65. The largest absolute Gasteiger partial charge is 0.454 e. The number of ether oxygens (including phenoxy) is 3. The Kier molecular flexibility index (Phi) is 7.03. The second-order valence-electron chi connectivity index (χ2n) is 10.3. The van der Waals surface area contributed by atoms with Gasteiger partial charge in [0.1, 0.15) is 6.04 Å². The van der Waals surface area contributed by atoms with Crippen LogP contribution in [-0.4, -0.2) is 81.7 Å². The highest BCUT2D eigenvalue weighted by Crippen LogP contribution is 2.33. The second-order valence-corrected chi connectivity index (χ2v) is 10.3. The lowest BCUT2D eigenvalue weighted by molar-refractivity contribution is 0.0984. The Hall–Kier alpha value is -3.80. The minimum absolute atomic E-state index is 0.122. The predicted octanol–water partition coefficient (Wildman–Crippen LogP) is 2.41. The van der Waals surface area contributed by atoms with Gasteiger partial charge in [0.2, 0.25) is 6.79 Å². The molecule has 0 spiro atoms. The lowest BCUT2D eigenvalue weighted by Crippen LogP contribution is -2.48. The molecule has 0 bridgehead atoms. The quantitative estimate of drug-likeness (QED) is 0.366. The standard InChI is InChI=1S/C28H33N7O4/c1-18-12-19(2)25-21(13-18)15-22(28(36)29-25)26(27-30-31-32-35(27)10-11-37-3)34-8-6-33(7-9-34)16-20-4-5-23-24(14-20)39-17-38-23/h4-5,12-15,26H,6-11,16-17H2,1-3H3,(H,29,36). The summed E-state index contributed by atoms with van der Waals surface area (Å²) < 4.78 is 18.0. The highest BCUT2D eigenvalue weighted by atomic mass is 16.7. The summed E-state index contributed by atoms with van der Waals surface area (Å²) in [5.74, 6) is 2.24. The molecule has 0 amide bonds. The number of aromatic nitrogens is 5. The Morgan fingerprint density at radius 1 is 1.05 bits per heavy atom. The maximum absolute atomic E-state index is 13.6. The molecule has 204 valence electrons. The summed E-state index contributed by atoms with van der Waals surface area (Å²) in [5.41, 5.74) is 4.77. The third kappa shape index (κ3) is 5.12. The highest BCUT2D eigenvalue weighted by molar-refractivity contribution is 5.83. The number of nitrogens with zero attached hydrogens (tertiary/aromatic N) is 6. The van der Waals surface area contributed by atoms with Gasteiger partial charge in [0.25, 0.3) is 5.56 Å². The van der Waals surface area contributed by atoms with Crippen molar-refractivity contribution in [3.8, 4) is 11.5 Å². The number of fused-ring (bicyclic) bond motifs is 2. The number of nitrogens with one attached hydrogen (secondary N) is 1. The van der Waals surface area contributed by atoms with E-state index in [2.05, 4.69) is 61.5 Å². The molecule has 1 unspecified atom stereocenters. The highest BCUT2D eigenvalue weighted by Gasteiger charge is 2.33. The Labute approximate surface area is 226 Å². The first-order chi connectivity index (χ1) is 19.0. The molecular weight excluding hydrogens is 498 g/mol. The van der Waals surface area contributed by atoms with Gasteiger partial charge in [0.05, 0.1) is 18.7 Å². The summed E-state index contributed by atoms with van der Waals surface area (Å²) >= 11 is 0. The van der Waals surface area contributed by atoms with Crippen molar-refractivity contribution in [2.75, 3.05) is 46.7 Å². The van der Waals surface area contributed by atoms with E-state index >= 15 is 0 Å². The van der Waals surface area contributed by atoms with Crippen molar-refractivity contribution in [2.45, 2.75) is 33.0 Å².